The van der Waals surface area contributed by atoms with Gasteiger partial charge in [-0.05, 0) is 41.9 Å². The Morgan fingerprint density at radius 2 is 2.07 bits per heavy atom. The molecular formula is C11H12BrN3. The number of halogens is 1. The van der Waals surface area contributed by atoms with Crippen LogP contribution >= 0.6 is 15.9 Å². The van der Waals surface area contributed by atoms with E-state index in [1.54, 1.807) is 6.20 Å². The lowest BCUT2D eigenvalue weighted by molar-refractivity contribution is 0.742. The maximum absolute atomic E-state index is 4.46. The van der Waals surface area contributed by atoms with Crippen LogP contribution in [0.15, 0.2) is 22.8 Å². The lowest BCUT2D eigenvalue weighted by Crippen LogP contribution is -1.92. The third kappa shape index (κ3) is 1.81. The van der Waals surface area contributed by atoms with Gasteiger partial charge in [0.15, 0.2) is 0 Å². The quantitative estimate of drug-likeness (QED) is 0.794. The molecule has 0 aliphatic rings. The molecule has 0 aliphatic heterocycles. The predicted molar refractivity (Wildman–Crippen MR) is 63.6 cm³/mol. The van der Waals surface area contributed by atoms with Crippen molar-refractivity contribution < 1.29 is 0 Å². The molecule has 2 rings (SSSR count). The molecule has 78 valence electrons. The first-order chi connectivity index (χ1) is 7.09. The van der Waals surface area contributed by atoms with Crippen LogP contribution in [0.5, 0.6) is 0 Å². The van der Waals surface area contributed by atoms with Crippen LogP contribution < -0.4 is 0 Å². The molecule has 0 bridgehead atoms. The Morgan fingerprint density at radius 3 is 2.60 bits per heavy atom. The van der Waals surface area contributed by atoms with Crippen LogP contribution in [0.2, 0.25) is 0 Å². The zero-order valence-corrected chi connectivity index (χ0v) is 10.5. The summed E-state index contributed by atoms with van der Waals surface area (Å²) in [5.41, 5.74) is 4.20. The number of hydrogen-bond acceptors (Lipinski definition) is 2. The zero-order valence-electron chi connectivity index (χ0n) is 8.95. The molecule has 0 aliphatic carbocycles. The van der Waals surface area contributed by atoms with Crippen molar-refractivity contribution in [1.82, 2.24) is 14.8 Å². The van der Waals surface area contributed by atoms with Crippen molar-refractivity contribution in [2.75, 3.05) is 0 Å². The Labute approximate surface area is 97.3 Å². The SMILES string of the molecule is Cc1cc(-c2nn(C)c(C)c2Br)ccn1. The molecule has 2 heterocycles. The van der Waals surface area contributed by atoms with Gasteiger partial charge in [-0.3, -0.25) is 9.67 Å². The summed E-state index contributed by atoms with van der Waals surface area (Å²) in [6.07, 6.45) is 1.81. The van der Waals surface area contributed by atoms with Gasteiger partial charge in [0, 0.05) is 30.2 Å². The number of pyridine rings is 1. The second kappa shape index (κ2) is 3.77. The molecular weight excluding hydrogens is 254 g/mol. The van der Waals surface area contributed by atoms with Gasteiger partial charge in [0.1, 0.15) is 5.69 Å². The fourth-order valence-electron chi connectivity index (χ4n) is 1.46. The third-order valence-corrected chi connectivity index (χ3v) is 3.38. The molecule has 0 amide bonds. The smallest absolute Gasteiger partial charge is 0.107 e. The monoisotopic (exact) mass is 265 g/mol. The molecule has 0 saturated heterocycles. The van der Waals surface area contributed by atoms with Crippen molar-refractivity contribution in [1.29, 1.82) is 0 Å². The summed E-state index contributed by atoms with van der Waals surface area (Å²) in [5, 5.41) is 4.46. The number of nitrogens with zero attached hydrogens (tertiary/aromatic N) is 3. The van der Waals surface area contributed by atoms with E-state index in [2.05, 4.69) is 26.0 Å². The van der Waals surface area contributed by atoms with E-state index < -0.39 is 0 Å². The van der Waals surface area contributed by atoms with Crippen LogP contribution in [-0.2, 0) is 7.05 Å². The largest absolute Gasteiger partial charge is 0.271 e. The fourth-order valence-corrected chi connectivity index (χ4v) is 2.02. The predicted octanol–water partition coefficient (Wildman–Crippen LogP) is 2.86. The van der Waals surface area contributed by atoms with E-state index >= 15 is 0 Å². The molecule has 2 aromatic rings. The molecule has 3 nitrogen and oxygen atoms in total. The van der Waals surface area contributed by atoms with Crippen LogP contribution in [0.25, 0.3) is 11.3 Å². The van der Waals surface area contributed by atoms with Gasteiger partial charge < -0.3 is 0 Å². The first kappa shape index (κ1) is 10.4. The average molecular weight is 266 g/mol. The third-order valence-electron chi connectivity index (χ3n) is 2.43. The highest BCUT2D eigenvalue weighted by molar-refractivity contribution is 9.10. The minimum atomic E-state index is 0.973. The Kier molecular flexibility index (Phi) is 2.61. The Morgan fingerprint density at radius 1 is 1.33 bits per heavy atom. The van der Waals surface area contributed by atoms with Crippen molar-refractivity contribution in [2.24, 2.45) is 7.05 Å². The lowest BCUT2D eigenvalue weighted by atomic mass is 10.1. The van der Waals surface area contributed by atoms with Gasteiger partial charge in [-0.25, -0.2) is 0 Å². The molecule has 15 heavy (non-hydrogen) atoms. The van der Waals surface area contributed by atoms with Crippen molar-refractivity contribution in [2.45, 2.75) is 13.8 Å². The summed E-state index contributed by atoms with van der Waals surface area (Å²) >= 11 is 3.56. The lowest BCUT2D eigenvalue weighted by Gasteiger charge is -1.98. The second-order valence-electron chi connectivity index (χ2n) is 3.56. The summed E-state index contributed by atoms with van der Waals surface area (Å²) in [6.45, 7) is 4.02. The number of aromatic nitrogens is 3. The van der Waals surface area contributed by atoms with Crippen molar-refractivity contribution in [3.05, 3.63) is 34.2 Å². The van der Waals surface area contributed by atoms with Crippen molar-refractivity contribution >= 4 is 15.9 Å². The molecule has 0 N–H and O–H groups in total. The average Bonchev–Trinajstić information content (AvgIpc) is 2.46. The minimum absolute atomic E-state index is 0.973. The van der Waals surface area contributed by atoms with Crippen molar-refractivity contribution in [3.63, 3.8) is 0 Å². The molecule has 2 aromatic heterocycles. The van der Waals surface area contributed by atoms with E-state index in [-0.39, 0.29) is 0 Å². The van der Waals surface area contributed by atoms with Gasteiger partial charge in [-0.1, -0.05) is 0 Å². The van der Waals surface area contributed by atoms with Gasteiger partial charge in [0.05, 0.1) is 4.47 Å². The highest BCUT2D eigenvalue weighted by Crippen LogP contribution is 2.29. The number of aryl methyl sites for hydroxylation is 2. The molecule has 0 atom stereocenters. The highest BCUT2D eigenvalue weighted by Gasteiger charge is 2.11. The number of rotatable bonds is 1. The molecule has 0 aromatic carbocycles. The maximum Gasteiger partial charge on any atom is 0.107 e. The molecule has 0 fully saturated rings. The molecule has 4 heteroatoms. The standard InChI is InChI=1S/C11H12BrN3/c1-7-6-9(4-5-13-7)11-10(12)8(2)15(3)14-11/h4-6H,1-3H3. The van der Waals surface area contributed by atoms with Gasteiger partial charge in [-0.15, -0.1) is 0 Å². The highest BCUT2D eigenvalue weighted by atomic mass is 79.9. The van der Waals surface area contributed by atoms with Crippen LogP contribution in [0.1, 0.15) is 11.4 Å². The van der Waals surface area contributed by atoms with Crippen LogP contribution in [-0.4, -0.2) is 14.8 Å². The van der Waals surface area contributed by atoms with E-state index in [1.165, 1.54) is 0 Å². The van der Waals surface area contributed by atoms with E-state index in [9.17, 15) is 0 Å². The first-order valence-electron chi connectivity index (χ1n) is 4.71. The number of hydrogen-bond donors (Lipinski definition) is 0. The molecule has 0 unspecified atom stereocenters. The van der Waals surface area contributed by atoms with Gasteiger partial charge in [0.2, 0.25) is 0 Å². The first-order valence-corrected chi connectivity index (χ1v) is 5.51. The van der Waals surface area contributed by atoms with Gasteiger partial charge in [-0.2, -0.15) is 5.10 Å². The van der Waals surface area contributed by atoms with Crippen LogP contribution in [0.3, 0.4) is 0 Å². The fraction of sp³-hybridized carbons (Fsp3) is 0.273. The molecule has 0 radical (unpaired) electrons. The molecule has 0 spiro atoms. The molecule has 0 saturated carbocycles. The zero-order chi connectivity index (χ0) is 11.0. The van der Waals surface area contributed by atoms with E-state index in [0.29, 0.717) is 0 Å². The van der Waals surface area contributed by atoms with E-state index in [4.69, 9.17) is 0 Å². The van der Waals surface area contributed by atoms with Crippen LogP contribution in [0.4, 0.5) is 0 Å². The maximum atomic E-state index is 4.46. The van der Waals surface area contributed by atoms with Crippen molar-refractivity contribution in [3.8, 4) is 11.3 Å². The Balaban J connectivity index is 2.59. The summed E-state index contributed by atoms with van der Waals surface area (Å²) < 4.78 is 2.92. The Bertz CT molecular complexity index is 503. The second-order valence-corrected chi connectivity index (χ2v) is 4.35. The van der Waals surface area contributed by atoms with Gasteiger partial charge in [0.25, 0.3) is 0 Å². The summed E-state index contributed by atoms with van der Waals surface area (Å²) in [4.78, 5) is 4.17. The van der Waals surface area contributed by atoms with Crippen LogP contribution in [0, 0.1) is 13.8 Å². The normalized spacial score (nSPS) is 10.7. The van der Waals surface area contributed by atoms with E-state index in [0.717, 1.165) is 27.1 Å². The summed E-state index contributed by atoms with van der Waals surface area (Å²) in [7, 11) is 1.94. The van der Waals surface area contributed by atoms with Gasteiger partial charge >= 0.3 is 0 Å². The van der Waals surface area contributed by atoms with E-state index in [1.807, 2.05) is 37.7 Å². The summed E-state index contributed by atoms with van der Waals surface area (Å²) in [5.74, 6) is 0. The summed E-state index contributed by atoms with van der Waals surface area (Å²) in [6, 6.07) is 4.01. The Hall–Kier alpha value is -1.16. The topological polar surface area (TPSA) is 30.7 Å². The minimum Gasteiger partial charge on any atom is -0.271 e.